The predicted molar refractivity (Wildman–Crippen MR) is 73.9 cm³/mol. The highest BCUT2D eigenvalue weighted by Gasteiger charge is 2.14. The Morgan fingerprint density at radius 3 is 2.53 bits per heavy atom. The zero-order chi connectivity index (χ0) is 11.8. The third-order valence-corrected chi connectivity index (χ3v) is 3.72. The molecule has 1 aliphatic carbocycles. The first-order chi connectivity index (χ1) is 8.25. The molecule has 0 spiro atoms. The Kier molecular flexibility index (Phi) is 2.36. The first-order valence-corrected chi connectivity index (χ1v) is 6.11. The minimum Gasteiger partial charge on any atom is -0.0619 e. The van der Waals surface area contributed by atoms with Gasteiger partial charge in [-0.1, -0.05) is 48.5 Å². The van der Waals surface area contributed by atoms with Crippen LogP contribution in [-0.2, 0) is 6.42 Å². The number of benzene rings is 2. The van der Waals surface area contributed by atoms with Gasteiger partial charge in [-0.05, 0) is 53.7 Å². The minimum absolute atomic E-state index is 1.07. The van der Waals surface area contributed by atoms with Crippen molar-refractivity contribution in [3.63, 3.8) is 0 Å². The van der Waals surface area contributed by atoms with Gasteiger partial charge in [-0.15, -0.1) is 0 Å². The van der Waals surface area contributed by atoms with Gasteiger partial charge in [0.1, 0.15) is 0 Å². The monoisotopic (exact) mass is 220 g/mol. The molecule has 0 fully saturated rings. The summed E-state index contributed by atoms with van der Waals surface area (Å²) in [4.78, 5) is 0. The van der Waals surface area contributed by atoms with Gasteiger partial charge in [0.2, 0.25) is 0 Å². The van der Waals surface area contributed by atoms with E-state index in [9.17, 15) is 0 Å². The fourth-order valence-electron chi connectivity index (χ4n) is 2.55. The van der Waals surface area contributed by atoms with Gasteiger partial charge in [0.05, 0.1) is 0 Å². The third-order valence-electron chi connectivity index (χ3n) is 3.72. The van der Waals surface area contributed by atoms with Crippen molar-refractivity contribution in [2.24, 2.45) is 0 Å². The molecule has 2 aromatic carbocycles. The Balaban J connectivity index is 2.07. The summed E-state index contributed by atoms with van der Waals surface area (Å²) in [6.45, 7) is 4.40. The highest BCUT2D eigenvalue weighted by molar-refractivity contribution is 5.89. The molecule has 0 aromatic heterocycles. The molecule has 0 atom stereocenters. The maximum absolute atomic E-state index is 2.33. The van der Waals surface area contributed by atoms with Crippen LogP contribution in [-0.4, -0.2) is 0 Å². The molecule has 0 saturated heterocycles. The van der Waals surface area contributed by atoms with E-state index in [1.165, 1.54) is 33.4 Å². The van der Waals surface area contributed by atoms with Crippen LogP contribution in [0.4, 0.5) is 0 Å². The van der Waals surface area contributed by atoms with Crippen molar-refractivity contribution >= 4 is 11.6 Å². The van der Waals surface area contributed by atoms with E-state index in [2.05, 4.69) is 62.4 Å². The van der Waals surface area contributed by atoms with Crippen molar-refractivity contribution in [3.8, 4) is 0 Å². The van der Waals surface area contributed by atoms with Gasteiger partial charge in [0.25, 0.3) is 0 Å². The number of rotatable bonds is 1. The third kappa shape index (κ3) is 1.70. The van der Waals surface area contributed by atoms with Crippen molar-refractivity contribution in [2.45, 2.75) is 20.3 Å². The van der Waals surface area contributed by atoms with E-state index in [1.54, 1.807) is 0 Å². The van der Waals surface area contributed by atoms with Crippen molar-refractivity contribution in [2.75, 3.05) is 0 Å². The lowest BCUT2D eigenvalue weighted by molar-refractivity contribution is 1.27. The van der Waals surface area contributed by atoms with Gasteiger partial charge < -0.3 is 0 Å². The quantitative estimate of drug-likeness (QED) is 0.668. The van der Waals surface area contributed by atoms with E-state index in [0.29, 0.717) is 0 Å². The number of hydrogen-bond acceptors (Lipinski definition) is 0. The van der Waals surface area contributed by atoms with Gasteiger partial charge in [-0.25, -0.2) is 0 Å². The highest BCUT2D eigenvalue weighted by atomic mass is 14.2. The Bertz CT molecular complexity index is 603. The molecule has 0 aliphatic heterocycles. The highest BCUT2D eigenvalue weighted by Crippen LogP contribution is 2.33. The average molecular weight is 220 g/mol. The summed E-state index contributed by atoms with van der Waals surface area (Å²) in [5, 5.41) is 0. The standard InChI is InChI=1S/C17H16/c1-12-6-5-9-17(13(12)2)16-10-14-7-3-4-8-15(14)11-16/h3-10H,11H2,1-2H3. The summed E-state index contributed by atoms with van der Waals surface area (Å²) in [5.41, 5.74) is 8.46. The van der Waals surface area contributed by atoms with Gasteiger partial charge >= 0.3 is 0 Å². The smallest absolute Gasteiger partial charge is 0.00136 e. The Morgan fingerprint density at radius 2 is 1.71 bits per heavy atom. The molecule has 0 heterocycles. The lowest BCUT2D eigenvalue weighted by Crippen LogP contribution is -1.91. The first kappa shape index (κ1) is 10.3. The lowest BCUT2D eigenvalue weighted by atomic mass is 9.96. The Hall–Kier alpha value is -1.82. The van der Waals surface area contributed by atoms with Crippen LogP contribution in [0.1, 0.15) is 27.8 Å². The summed E-state index contributed by atoms with van der Waals surface area (Å²) in [6.07, 6.45) is 3.40. The van der Waals surface area contributed by atoms with Gasteiger partial charge in [0, 0.05) is 0 Å². The van der Waals surface area contributed by atoms with E-state index in [-0.39, 0.29) is 0 Å². The van der Waals surface area contributed by atoms with Crippen LogP contribution in [0, 0.1) is 13.8 Å². The molecule has 0 amide bonds. The number of hydrogen-bond donors (Lipinski definition) is 0. The van der Waals surface area contributed by atoms with E-state index in [0.717, 1.165) is 6.42 Å². The van der Waals surface area contributed by atoms with Crippen LogP contribution < -0.4 is 0 Å². The number of allylic oxidation sites excluding steroid dienone is 1. The van der Waals surface area contributed by atoms with E-state index >= 15 is 0 Å². The molecule has 0 bridgehead atoms. The maximum Gasteiger partial charge on any atom is -0.00136 e. The summed E-state index contributed by atoms with van der Waals surface area (Å²) in [7, 11) is 0. The molecule has 0 nitrogen and oxygen atoms in total. The van der Waals surface area contributed by atoms with Crippen LogP contribution in [0.15, 0.2) is 42.5 Å². The SMILES string of the molecule is Cc1cccc(C2=Cc3ccccc3C2)c1C. The second kappa shape index (κ2) is 3.89. The van der Waals surface area contributed by atoms with Crippen molar-refractivity contribution in [1.82, 2.24) is 0 Å². The van der Waals surface area contributed by atoms with Crippen LogP contribution in [0.5, 0.6) is 0 Å². The van der Waals surface area contributed by atoms with E-state index < -0.39 is 0 Å². The van der Waals surface area contributed by atoms with Crippen LogP contribution in [0.25, 0.3) is 11.6 Å². The second-order valence-corrected chi connectivity index (χ2v) is 4.79. The molecular formula is C17H16. The zero-order valence-corrected chi connectivity index (χ0v) is 10.3. The Labute approximate surface area is 103 Å². The zero-order valence-electron chi connectivity index (χ0n) is 10.3. The van der Waals surface area contributed by atoms with Crippen molar-refractivity contribution in [3.05, 3.63) is 70.3 Å². The molecule has 2 aromatic rings. The fraction of sp³-hybridized carbons (Fsp3) is 0.176. The summed E-state index contributed by atoms with van der Waals surface area (Å²) >= 11 is 0. The van der Waals surface area contributed by atoms with Gasteiger partial charge in [0.15, 0.2) is 0 Å². The molecule has 17 heavy (non-hydrogen) atoms. The van der Waals surface area contributed by atoms with Gasteiger partial charge in [-0.3, -0.25) is 0 Å². The molecule has 1 aliphatic rings. The maximum atomic E-state index is 2.33. The summed E-state index contributed by atoms with van der Waals surface area (Å²) < 4.78 is 0. The average Bonchev–Trinajstić information content (AvgIpc) is 2.76. The molecule has 0 N–H and O–H groups in total. The first-order valence-electron chi connectivity index (χ1n) is 6.11. The topological polar surface area (TPSA) is 0 Å². The number of aryl methyl sites for hydroxylation is 1. The second-order valence-electron chi connectivity index (χ2n) is 4.79. The van der Waals surface area contributed by atoms with Crippen LogP contribution >= 0.6 is 0 Å². The molecule has 0 saturated carbocycles. The van der Waals surface area contributed by atoms with Gasteiger partial charge in [-0.2, -0.15) is 0 Å². The molecule has 84 valence electrons. The molecule has 0 radical (unpaired) electrons. The normalized spacial score (nSPS) is 13.4. The molecular weight excluding hydrogens is 204 g/mol. The number of fused-ring (bicyclic) bond motifs is 1. The lowest BCUT2D eigenvalue weighted by Gasteiger charge is -2.09. The van der Waals surface area contributed by atoms with E-state index in [4.69, 9.17) is 0 Å². The molecule has 0 heteroatoms. The minimum atomic E-state index is 1.07. The molecule has 0 unspecified atom stereocenters. The van der Waals surface area contributed by atoms with E-state index in [1.807, 2.05) is 0 Å². The fourth-order valence-corrected chi connectivity index (χ4v) is 2.55. The largest absolute Gasteiger partial charge is 0.0619 e. The van der Waals surface area contributed by atoms with Crippen molar-refractivity contribution in [1.29, 1.82) is 0 Å². The molecule has 3 rings (SSSR count). The summed E-state index contributed by atoms with van der Waals surface area (Å²) in [5.74, 6) is 0. The van der Waals surface area contributed by atoms with Crippen LogP contribution in [0.3, 0.4) is 0 Å². The Morgan fingerprint density at radius 1 is 0.882 bits per heavy atom. The summed E-state index contributed by atoms with van der Waals surface area (Å²) in [6, 6.07) is 15.2. The van der Waals surface area contributed by atoms with Crippen molar-refractivity contribution < 1.29 is 0 Å². The van der Waals surface area contributed by atoms with Crippen LogP contribution in [0.2, 0.25) is 0 Å². The predicted octanol–water partition coefficient (Wildman–Crippen LogP) is 4.40.